The molecule has 3 heteroatoms. The lowest BCUT2D eigenvalue weighted by molar-refractivity contribution is 0.215. The van der Waals surface area contributed by atoms with E-state index >= 15 is 0 Å². The number of aliphatic hydroxyl groups excluding tert-OH is 1. The number of aliphatic hydroxyl groups is 1. The van der Waals surface area contributed by atoms with Crippen LogP contribution in [0.3, 0.4) is 0 Å². The fraction of sp³-hybridized carbons (Fsp3) is 0.545. The lowest BCUT2D eigenvalue weighted by atomic mass is 9.77. The number of pyridine rings is 1. The number of hydrogen-bond acceptors (Lipinski definition) is 3. The zero-order valence-electron chi connectivity index (χ0n) is 8.40. The quantitative estimate of drug-likeness (QED) is 0.724. The molecule has 1 saturated heterocycles. The molecular formula is C11H16N2O. The van der Waals surface area contributed by atoms with Gasteiger partial charge >= 0.3 is 0 Å². The van der Waals surface area contributed by atoms with Crippen molar-refractivity contribution in [3.8, 4) is 0 Å². The van der Waals surface area contributed by atoms with Crippen molar-refractivity contribution in [1.29, 1.82) is 0 Å². The molecule has 1 aromatic rings. The van der Waals surface area contributed by atoms with E-state index in [1.165, 1.54) is 5.56 Å². The lowest BCUT2D eigenvalue weighted by Crippen LogP contribution is -2.40. The van der Waals surface area contributed by atoms with Crippen LogP contribution in [0.15, 0.2) is 24.5 Å². The molecule has 76 valence electrons. The SMILES string of the molecule is CC1(c2ccncc2)CCNC1CO. The van der Waals surface area contributed by atoms with Crippen molar-refractivity contribution in [2.75, 3.05) is 13.2 Å². The monoisotopic (exact) mass is 192 g/mol. The molecule has 0 saturated carbocycles. The second-order valence-corrected chi connectivity index (χ2v) is 4.09. The molecule has 2 unspecified atom stereocenters. The molecular weight excluding hydrogens is 176 g/mol. The molecule has 1 fully saturated rings. The summed E-state index contributed by atoms with van der Waals surface area (Å²) < 4.78 is 0. The summed E-state index contributed by atoms with van der Waals surface area (Å²) in [5.41, 5.74) is 1.31. The Kier molecular flexibility index (Phi) is 2.52. The third kappa shape index (κ3) is 1.42. The molecule has 0 aliphatic carbocycles. The minimum Gasteiger partial charge on any atom is -0.395 e. The van der Waals surface area contributed by atoms with E-state index < -0.39 is 0 Å². The average Bonchev–Trinajstić information content (AvgIpc) is 2.62. The second kappa shape index (κ2) is 3.67. The molecule has 2 heterocycles. The number of aromatic nitrogens is 1. The van der Waals surface area contributed by atoms with Crippen LogP contribution in [0.5, 0.6) is 0 Å². The van der Waals surface area contributed by atoms with Crippen molar-refractivity contribution in [2.24, 2.45) is 0 Å². The second-order valence-electron chi connectivity index (χ2n) is 4.09. The van der Waals surface area contributed by atoms with Gasteiger partial charge in [0.15, 0.2) is 0 Å². The lowest BCUT2D eigenvalue weighted by Gasteiger charge is -2.30. The Balaban J connectivity index is 2.31. The summed E-state index contributed by atoms with van der Waals surface area (Å²) in [7, 11) is 0. The zero-order valence-corrected chi connectivity index (χ0v) is 8.40. The number of rotatable bonds is 2. The van der Waals surface area contributed by atoms with Crippen molar-refractivity contribution in [1.82, 2.24) is 10.3 Å². The summed E-state index contributed by atoms with van der Waals surface area (Å²) in [6, 6.07) is 4.25. The van der Waals surface area contributed by atoms with Crippen molar-refractivity contribution < 1.29 is 5.11 Å². The summed E-state index contributed by atoms with van der Waals surface area (Å²) in [5, 5.41) is 12.6. The molecule has 2 rings (SSSR count). The van der Waals surface area contributed by atoms with Gasteiger partial charge < -0.3 is 10.4 Å². The van der Waals surface area contributed by atoms with E-state index in [4.69, 9.17) is 0 Å². The average molecular weight is 192 g/mol. The molecule has 14 heavy (non-hydrogen) atoms. The summed E-state index contributed by atoms with van der Waals surface area (Å²) in [5.74, 6) is 0. The maximum Gasteiger partial charge on any atom is 0.0593 e. The Morgan fingerprint density at radius 3 is 2.93 bits per heavy atom. The predicted molar refractivity (Wildman–Crippen MR) is 55.1 cm³/mol. The first-order valence-electron chi connectivity index (χ1n) is 5.02. The van der Waals surface area contributed by atoms with E-state index in [-0.39, 0.29) is 18.1 Å². The van der Waals surface area contributed by atoms with E-state index in [1.807, 2.05) is 24.5 Å². The molecule has 2 N–H and O–H groups in total. The Labute approximate surface area is 84.2 Å². The predicted octanol–water partition coefficient (Wildman–Crippen LogP) is 0.694. The highest BCUT2D eigenvalue weighted by Crippen LogP contribution is 2.34. The molecule has 2 atom stereocenters. The van der Waals surface area contributed by atoms with Gasteiger partial charge in [0.25, 0.3) is 0 Å². The van der Waals surface area contributed by atoms with Crippen LogP contribution in [0, 0.1) is 0 Å². The number of hydrogen-bond donors (Lipinski definition) is 2. The van der Waals surface area contributed by atoms with Crippen LogP contribution in [0.25, 0.3) is 0 Å². The van der Waals surface area contributed by atoms with Gasteiger partial charge in [0, 0.05) is 23.9 Å². The third-order valence-corrected chi connectivity index (χ3v) is 3.33. The smallest absolute Gasteiger partial charge is 0.0593 e. The minimum atomic E-state index is 0.0533. The van der Waals surface area contributed by atoms with E-state index in [1.54, 1.807) is 0 Å². The molecule has 0 bridgehead atoms. The van der Waals surface area contributed by atoms with E-state index in [9.17, 15) is 5.11 Å². The number of nitrogens with one attached hydrogen (secondary N) is 1. The molecule has 0 aromatic carbocycles. The van der Waals surface area contributed by atoms with Crippen LogP contribution >= 0.6 is 0 Å². The highest BCUT2D eigenvalue weighted by molar-refractivity contribution is 5.26. The molecule has 0 spiro atoms. The fourth-order valence-corrected chi connectivity index (χ4v) is 2.25. The van der Waals surface area contributed by atoms with Gasteiger partial charge in [0.2, 0.25) is 0 Å². The largest absolute Gasteiger partial charge is 0.395 e. The van der Waals surface area contributed by atoms with Gasteiger partial charge in [0.1, 0.15) is 0 Å². The highest BCUT2D eigenvalue weighted by atomic mass is 16.3. The fourth-order valence-electron chi connectivity index (χ4n) is 2.25. The molecule has 1 aromatic heterocycles. The van der Waals surface area contributed by atoms with Gasteiger partial charge in [-0.3, -0.25) is 4.98 Å². The summed E-state index contributed by atoms with van der Waals surface area (Å²) >= 11 is 0. The Morgan fingerprint density at radius 2 is 2.29 bits per heavy atom. The van der Waals surface area contributed by atoms with Gasteiger partial charge in [-0.2, -0.15) is 0 Å². The first-order valence-corrected chi connectivity index (χ1v) is 5.02. The van der Waals surface area contributed by atoms with Crippen LogP contribution < -0.4 is 5.32 Å². The minimum absolute atomic E-state index is 0.0533. The van der Waals surface area contributed by atoms with E-state index in [0.29, 0.717) is 0 Å². The normalized spacial score (nSPS) is 32.0. The molecule has 0 radical (unpaired) electrons. The van der Waals surface area contributed by atoms with Crippen molar-refractivity contribution in [2.45, 2.75) is 24.8 Å². The molecule has 1 aliphatic heterocycles. The van der Waals surface area contributed by atoms with Gasteiger partial charge in [-0.25, -0.2) is 0 Å². The van der Waals surface area contributed by atoms with Crippen LogP contribution in [-0.4, -0.2) is 29.3 Å². The Bertz CT molecular complexity index is 301. The highest BCUT2D eigenvalue weighted by Gasteiger charge is 2.39. The van der Waals surface area contributed by atoms with Crippen LogP contribution in [0.1, 0.15) is 18.9 Å². The summed E-state index contributed by atoms with van der Waals surface area (Å²) in [6.07, 6.45) is 4.70. The van der Waals surface area contributed by atoms with Crippen LogP contribution in [-0.2, 0) is 5.41 Å². The first-order chi connectivity index (χ1) is 6.77. The maximum atomic E-state index is 9.28. The maximum absolute atomic E-state index is 9.28. The molecule has 3 nitrogen and oxygen atoms in total. The van der Waals surface area contributed by atoms with Gasteiger partial charge in [-0.05, 0) is 30.7 Å². The first kappa shape index (κ1) is 9.62. The van der Waals surface area contributed by atoms with E-state index in [0.717, 1.165) is 13.0 Å². The van der Waals surface area contributed by atoms with Gasteiger partial charge in [-0.15, -0.1) is 0 Å². The molecule has 0 amide bonds. The van der Waals surface area contributed by atoms with Crippen molar-refractivity contribution >= 4 is 0 Å². The van der Waals surface area contributed by atoms with Crippen molar-refractivity contribution in [3.05, 3.63) is 30.1 Å². The zero-order chi connectivity index (χ0) is 10.0. The van der Waals surface area contributed by atoms with Gasteiger partial charge in [0.05, 0.1) is 6.61 Å². The standard InChI is InChI=1S/C11H16N2O/c1-11(4-7-13-10(11)8-14)9-2-5-12-6-3-9/h2-3,5-6,10,13-14H,4,7-8H2,1H3. The third-order valence-electron chi connectivity index (χ3n) is 3.33. The summed E-state index contributed by atoms with van der Waals surface area (Å²) in [4.78, 5) is 4.02. The summed E-state index contributed by atoms with van der Waals surface area (Å²) in [6.45, 7) is 3.37. The Hall–Kier alpha value is -0.930. The number of nitrogens with zero attached hydrogens (tertiary/aromatic N) is 1. The van der Waals surface area contributed by atoms with Crippen molar-refractivity contribution in [3.63, 3.8) is 0 Å². The van der Waals surface area contributed by atoms with Gasteiger partial charge in [-0.1, -0.05) is 6.92 Å². The van der Waals surface area contributed by atoms with Crippen LogP contribution in [0.2, 0.25) is 0 Å². The topological polar surface area (TPSA) is 45.2 Å². The Morgan fingerprint density at radius 1 is 1.57 bits per heavy atom. The molecule has 1 aliphatic rings. The van der Waals surface area contributed by atoms with E-state index in [2.05, 4.69) is 17.2 Å². The van der Waals surface area contributed by atoms with Crippen LogP contribution in [0.4, 0.5) is 0 Å².